The predicted octanol–water partition coefficient (Wildman–Crippen LogP) is 0.108. The van der Waals surface area contributed by atoms with E-state index in [1.54, 1.807) is 24.0 Å². The lowest BCUT2D eigenvalue weighted by Gasteiger charge is -2.04. The Bertz CT molecular complexity index is 470. The Kier molecular flexibility index (Phi) is 2.67. The van der Waals surface area contributed by atoms with Gasteiger partial charge in [-0.1, -0.05) is 0 Å². The molecule has 0 unspecified atom stereocenters. The van der Waals surface area contributed by atoms with E-state index in [4.69, 9.17) is 5.73 Å². The number of aryl methyl sites for hydroxylation is 2. The molecule has 0 aromatic carbocycles. The quantitative estimate of drug-likeness (QED) is 0.760. The Balaban J connectivity index is 2.04. The van der Waals surface area contributed by atoms with Gasteiger partial charge in [0.15, 0.2) is 5.82 Å². The van der Waals surface area contributed by atoms with E-state index in [0.29, 0.717) is 29.8 Å². The summed E-state index contributed by atoms with van der Waals surface area (Å²) in [6.45, 7) is 2.30. The van der Waals surface area contributed by atoms with Gasteiger partial charge in [0.25, 0.3) is 0 Å². The number of anilines is 2. The summed E-state index contributed by atoms with van der Waals surface area (Å²) in [5.74, 6) is 2.47. The van der Waals surface area contributed by atoms with E-state index >= 15 is 0 Å². The summed E-state index contributed by atoms with van der Waals surface area (Å²) < 4.78 is 1.65. The molecule has 0 spiro atoms. The average molecular weight is 219 g/mol. The molecule has 7 heteroatoms. The fraction of sp³-hybridized carbons (Fsp3) is 0.333. The molecule has 2 aromatic rings. The average Bonchev–Trinajstić information content (AvgIpc) is 2.60. The second kappa shape index (κ2) is 4.13. The SMILES string of the molecule is Cc1nc(N)cc(NCc2ncn(C)n2)n1. The van der Waals surface area contributed by atoms with Gasteiger partial charge < -0.3 is 11.1 Å². The normalized spacial score (nSPS) is 10.4. The Morgan fingerprint density at radius 1 is 1.44 bits per heavy atom. The van der Waals surface area contributed by atoms with Crippen molar-refractivity contribution in [1.82, 2.24) is 24.7 Å². The second-order valence-corrected chi connectivity index (χ2v) is 3.41. The van der Waals surface area contributed by atoms with Crippen molar-refractivity contribution in [3.8, 4) is 0 Å². The highest BCUT2D eigenvalue weighted by atomic mass is 15.3. The minimum atomic E-state index is 0.448. The summed E-state index contributed by atoms with van der Waals surface area (Å²) in [7, 11) is 1.82. The van der Waals surface area contributed by atoms with Gasteiger partial charge in [0.2, 0.25) is 0 Å². The summed E-state index contributed by atoms with van der Waals surface area (Å²) in [6.07, 6.45) is 1.65. The Morgan fingerprint density at radius 3 is 2.88 bits per heavy atom. The van der Waals surface area contributed by atoms with Gasteiger partial charge in [-0.25, -0.2) is 15.0 Å². The molecular weight excluding hydrogens is 206 g/mol. The summed E-state index contributed by atoms with van der Waals surface area (Å²) in [5, 5.41) is 7.23. The van der Waals surface area contributed by atoms with Gasteiger partial charge in [-0.2, -0.15) is 5.10 Å². The molecule has 0 saturated heterocycles. The van der Waals surface area contributed by atoms with Crippen LogP contribution in [0.25, 0.3) is 0 Å². The van der Waals surface area contributed by atoms with E-state index < -0.39 is 0 Å². The zero-order valence-corrected chi connectivity index (χ0v) is 9.18. The standard InChI is InChI=1S/C9H13N7/c1-6-13-7(10)3-8(14-6)11-4-9-12-5-16(2)15-9/h3,5H,4H2,1-2H3,(H3,10,11,13,14). The van der Waals surface area contributed by atoms with Crippen molar-refractivity contribution in [3.05, 3.63) is 24.0 Å². The smallest absolute Gasteiger partial charge is 0.169 e. The fourth-order valence-electron chi connectivity index (χ4n) is 1.32. The van der Waals surface area contributed by atoms with Gasteiger partial charge in [-0.15, -0.1) is 0 Å². The molecule has 16 heavy (non-hydrogen) atoms. The van der Waals surface area contributed by atoms with Crippen LogP contribution in [0.15, 0.2) is 12.4 Å². The third-order valence-electron chi connectivity index (χ3n) is 1.93. The van der Waals surface area contributed by atoms with Crippen LogP contribution >= 0.6 is 0 Å². The third kappa shape index (κ3) is 2.44. The van der Waals surface area contributed by atoms with Crippen LogP contribution < -0.4 is 11.1 Å². The molecule has 84 valence electrons. The van der Waals surface area contributed by atoms with E-state index in [9.17, 15) is 0 Å². The van der Waals surface area contributed by atoms with Crippen LogP contribution in [0.3, 0.4) is 0 Å². The molecule has 0 fully saturated rings. The van der Waals surface area contributed by atoms with Crippen molar-refractivity contribution in [2.45, 2.75) is 13.5 Å². The molecule has 0 amide bonds. The molecule has 7 nitrogen and oxygen atoms in total. The maximum Gasteiger partial charge on any atom is 0.169 e. The van der Waals surface area contributed by atoms with Crippen LogP contribution in [0, 0.1) is 6.92 Å². The number of nitrogen functional groups attached to an aromatic ring is 1. The molecule has 0 aliphatic heterocycles. The summed E-state index contributed by atoms with van der Waals surface area (Å²) in [5.41, 5.74) is 5.61. The zero-order valence-electron chi connectivity index (χ0n) is 9.18. The maximum absolute atomic E-state index is 5.61. The fourth-order valence-corrected chi connectivity index (χ4v) is 1.32. The van der Waals surface area contributed by atoms with Crippen molar-refractivity contribution in [2.75, 3.05) is 11.1 Å². The minimum absolute atomic E-state index is 0.448. The molecule has 0 radical (unpaired) electrons. The van der Waals surface area contributed by atoms with E-state index in [1.165, 1.54) is 0 Å². The highest BCUT2D eigenvalue weighted by Gasteiger charge is 2.01. The van der Waals surface area contributed by atoms with E-state index in [1.807, 2.05) is 7.05 Å². The van der Waals surface area contributed by atoms with Crippen LogP contribution in [-0.2, 0) is 13.6 Å². The number of nitrogens with two attached hydrogens (primary N) is 1. The lowest BCUT2D eigenvalue weighted by molar-refractivity contribution is 0.747. The first-order chi connectivity index (χ1) is 7.63. The number of nitrogens with one attached hydrogen (secondary N) is 1. The number of rotatable bonds is 3. The topological polar surface area (TPSA) is 94.5 Å². The van der Waals surface area contributed by atoms with Gasteiger partial charge in [0, 0.05) is 13.1 Å². The van der Waals surface area contributed by atoms with Gasteiger partial charge in [0.1, 0.15) is 23.8 Å². The van der Waals surface area contributed by atoms with Crippen LogP contribution in [0.2, 0.25) is 0 Å². The largest absolute Gasteiger partial charge is 0.384 e. The van der Waals surface area contributed by atoms with Gasteiger partial charge in [-0.3, -0.25) is 4.68 Å². The van der Waals surface area contributed by atoms with Gasteiger partial charge in [-0.05, 0) is 6.92 Å². The first-order valence-electron chi connectivity index (χ1n) is 4.83. The summed E-state index contributed by atoms with van der Waals surface area (Å²) >= 11 is 0. The summed E-state index contributed by atoms with van der Waals surface area (Å²) in [4.78, 5) is 12.3. The molecular formula is C9H13N7. The predicted molar refractivity (Wildman–Crippen MR) is 59.5 cm³/mol. The monoisotopic (exact) mass is 219 g/mol. The number of hydrogen-bond acceptors (Lipinski definition) is 6. The highest BCUT2D eigenvalue weighted by Crippen LogP contribution is 2.08. The lowest BCUT2D eigenvalue weighted by atomic mass is 10.5. The highest BCUT2D eigenvalue weighted by molar-refractivity contribution is 5.44. The van der Waals surface area contributed by atoms with Crippen molar-refractivity contribution in [1.29, 1.82) is 0 Å². The third-order valence-corrected chi connectivity index (χ3v) is 1.93. The minimum Gasteiger partial charge on any atom is -0.384 e. The Labute approximate surface area is 92.7 Å². The Morgan fingerprint density at radius 2 is 2.25 bits per heavy atom. The lowest BCUT2D eigenvalue weighted by Crippen LogP contribution is -2.06. The molecule has 0 aliphatic rings. The van der Waals surface area contributed by atoms with Crippen LogP contribution in [-0.4, -0.2) is 24.7 Å². The zero-order chi connectivity index (χ0) is 11.5. The van der Waals surface area contributed by atoms with Crippen molar-refractivity contribution < 1.29 is 0 Å². The van der Waals surface area contributed by atoms with Gasteiger partial charge >= 0.3 is 0 Å². The number of hydrogen-bond donors (Lipinski definition) is 2. The van der Waals surface area contributed by atoms with Crippen LogP contribution in [0.5, 0.6) is 0 Å². The van der Waals surface area contributed by atoms with Crippen molar-refractivity contribution in [3.63, 3.8) is 0 Å². The molecule has 3 N–H and O–H groups in total. The van der Waals surface area contributed by atoms with Gasteiger partial charge in [0.05, 0.1) is 6.54 Å². The molecule has 0 aliphatic carbocycles. The van der Waals surface area contributed by atoms with Crippen LogP contribution in [0.1, 0.15) is 11.6 Å². The first kappa shape index (κ1) is 10.3. The van der Waals surface area contributed by atoms with Crippen molar-refractivity contribution >= 4 is 11.6 Å². The van der Waals surface area contributed by atoms with E-state index in [-0.39, 0.29) is 0 Å². The Hall–Kier alpha value is -2.18. The molecule has 0 bridgehead atoms. The van der Waals surface area contributed by atoms with E-state index in [0.717, 1.165) is 0 Å². The van der Waals surface area contributed by atoms with Crippen molar-refractivity contribution in [2.24, 2.45) is 7.05 Å². The molecule has 2 heterocycles. The summed E-state index contributed by atoms with van der Waals surface area (Å²) in [6, 6.07) is 1.68. The number of nitrogens with zero attached hydrogens (tertiary/aromatic N) is 5. The second-order valence-electron chi connectivity index (χ2n) is 3.41. The molecule has 2 rings (SSSR count). The van der Waals surface area contributed by atoms with E-state index in [2.05, 4.69) is 25.4 Å². The number of aromatic nitrogens is 5. The molecule has 0 atom stereocenters. The molecule has 2 aromatic heterocycles. The maximum atomic E-state index is 5.61. The first-order valence-corrected chi connectivity index (χ1v) is 4.83. The molecule has 0 saturated carbocycles. The van der Waals surface area contributed by atoms with Crippen LogP contribution in [0.4, 0.5) is 11.6 Å².